The number of carboxylic acid groups (broad SMARTS) is 1. The van der Waals surface area contributed by atoms with E-state index in [0.717, 1.165) is 0 Å². The average molecular weight is 298 g/mol. The molecule has 0 spiro atoms. The summed E-state index contributed by atoms with van der Waals surface area (Å²) in [5, 5.41) is 30.2. The number of amides is 1. The van der Waals surface area contributed by atoms with Gasteiger partial charge in [0.1, 0.15) is 5.75 Å². The maximum absolute atomic E-state index is 11.4. The number of rotatable bonds is 8. The number of carbonyl (C=O) groups excluding carboxylic acids is 1. The minimum atomic E-state index is -1.53. The Morgan fingerprint density at radius 3 is 2.48 bits per heavy atom. The van der Waals surface area contributed by atoms with Gasteiger partial charge in [0, 0.05) is 25.1 Å². The quantitative estimate of drug-likeness (QED) is 0.450. The number of aliphatic carboxylic acids is 1. The molecule has 0 bridgehead atoms. The van der Waals surface area contributed by atoms with E-state index >= 15 is 0 Å². The predicted octanol–water partition coefficient (Wildman–Crippen LogP) is -0.0746. The van der Waals surface area contributed by atoms with Crippen LogP contribution in [0.25, 0.3) is 0 Å². The number of aliphatic hydroxyl groups excluding tert-OH is 1. The molecule has 0 fully saturated rings. The number of hydrogen-bond acceptors (Lipinski definition) is 6. The van der Waals surface area contributed by atoms with Crippen LogP contribution in [-0.4, -0.2) is 46.3 Å². The topological polar surface area (TPSA) is 139 Å². The van der Waals surface area contributed by atoms with E-state index in [1.54, 1.807) is 0 Å². The molecule has 0 radical (unpaired) electrons. The Hall–Kier alpha value is -2.68. The van der Waals surface area contributed by atoms with Gasteiger partial charge in [0.25, 0.3) is 11.6 Å². The molecule has 0 aliphatic carbocycles. The molecule has 1 unspecified atom stereocenters. The van der Waals surface area contributed by atoms with Crippen LogP contribution >= 0.6 is 0 Å². The molecule has 0 aromatic heterocycles. The Bertz CT molecular complexity index is 515. The van der Waals surface area contributed by atoms with E-state index in [-0.39, 0.29) is 25.3 Å². The van der Waals surface area contributed by atoms with Gasteiger partial charge in [0.05, 0.1) is 4.92 Å². The second kappa shape index (κ2) is 7.80. The zero-order valence-corrected chi connectivity index (χ0v) is 10.9. The van der Waals surface area contributed by atoms with Crippen LogP contribution in [0.15, 0.2) is 24.3 Å². The van der Waals surface area contributed by atoms with Gasteiger partial charge in [-0.05, 0) is 12.1 Å². The number of hydrogen-bond donors (Lipinski definition) is 3. The SMILES string of the molecule is O=C(COc1ccc([N+](=O)[O-])cc1)NCCC(O)C(=O)O. The van der Waals surface area contributed by atoms with E-state index in [0.29, 0.717) is 5.75 Å². The standard InChI is InChI=1S/C12H14N2O7/c15-10(12(17)18)5-6-13-11(16)7-21-9-3-1-8(2-4-9)14(19)20/h1-4,10,15H,5-7H2,(H,13,16)(H,17,18). The number of nitro groups is 1. The third kappa shape index (κ3) is 5.87. The molecule has 1 amide bonds. The number of aliphatic hydroxyl groups is 1. The molecule has 1 aromatic rings. The van der Waals surface area contributed by atoms with E-state index in [4.69, 9.17) is 14.9 Å². The summed E-state index contributed by atoms with van der Waals surface area (Å²) in [4.78, 5) is 31.6. The number of ether oxygens (including phenoxy) is 1. The molecule has 3 N–H and O–H groups in total. The molecule has 0 heterocycles. The first-order chi connectivity index (χ1) is 9.90. The molecule has 114 valence electrons. The van der Waals surface area contributed by atoms with E-state index in [2.05, 4.69) is 5.32 Å². The Labute approximate surface area is 119 Å². The van der Waals surface area contributed by atoms with Gasteiger partial charge in [0.2, 0.25) is 0 Å². The second-order valence-electron chi connectivity index (χ2n) is 4.03. The van der Waals surface area contributed by atoms with Crippen molar-refractivity contribution in [2.75, 3.05) is 13.2 Å². The fraction of sp³-hybridized carbons (Fsp3) is 0.333. The van der Waals surface area contributed by atoms with Crippen molar-refractivity contribution in [1.82, 2.24) is 5.32 Å². The molecule has 0 aliphatic heterocycles. The highest BCUT2D eigenvalue weighted by Crippen LogP contribution is 2.16. The summed E-state index contributed by atoms with van der Waals surface area (Å²) in [5.74, 6) is -1.56. The maximum atomic E-state index is 11.4. The summed E-state index contributed by atoms with van der Waals surface area (Å²) in [5.41, 5.74) is -0.0885. The van der Waals surface area contributed by atoms with Crippen molar-refractivity contribution in [3.8, 4) is 5.75 Å². The molecule has 0 aliphatic rings. The Kier molecular flexibility index (Phi) is 6.08. The Morgan fingerprint density at radius 1 is 1.33 bits per heavy atom. The Morgan fingerprint density at radius 2 is 1.95 bits per heavy atom. The fourth-order valence-electron chi connectivity index (χ4n) is 1.34. The molecule has 1 aromatic carbocycles. The number of nitrogens with one attached hydrogen (secondary N) is 1. The Balaban J connectivity index is 2.29. The first kappa shape index (κ1) is 16.4. The molecular formula is C12H14N2O7. The number of nitrogens with zero attached hydrogens (tertiary/aromatic N) is 1. The van der Waals surface area contributed by atoms with Crippen molar-refractivity contribution in [2.45, 2.75) is 12.5 Å². The number of benzene rings is 1. The summed E-state index contributed by atoms with van der Waals surface area (Å²) in [6, 6.07) is 5.21. The number of non-ortho nitro benzene ring substituents is 1. The second-order valence-corrected chi connectivity index (χ2v) is 4.03. The van der Waals surface area contributed by atoms with Crippen LogP contribution < -0.4 is 10.1 Å². The van der Waals surface area contributed by atoms with Crippen LogP contribution in [0.4, 0.5) is 5.69 Å². The fourth-order valence-corrected chi connectivity index (χ4v) is 1.34. The lowest BCUT2D eigenvalue weighted by molar-refractivity contribution is -0.384. The average Bonchev–Trinajstić information content (AvgIpc) is 2.45. The van der Waals surface area contributed by atoms with Gasteiger partial charge < -0.3 is 20.3 Å². The largest absolute Gasteiger partial charge is 0.484 e. The molecule has 9 heteroatoms. The maximum Gasteiger partial charge on any atom is 0.332 e. The minimum Gasteiger partial charge on any atom is -0.484 e. The monoisotopic (exact) mass is 298 g/mol. The van der Waals surface area contributed by atoms with Crippen LogP contribution in [-0.2, 0) is 9.59 Å². The van der Waals surface area contributed by atoms with Gasteiger partial charge in [-0.25, -0.2) is 4.79 Å². The van der Waals surface area contributed by atoms with Gasteiger partial charge in [-0.2, -0.15) is 0 Å². The third-order valence-corrected chi connectivity index (χ3v) is 2.44. The number of carboxylic acids is 1. The zero-order chi connectivity index (χ0) is 15.8. The van der Waals surface area contributed by atoms with Crippen LogP contribution in [0.3, 0.4) is 0 Å². The molecule has 21 heavy (non-hydrogen) atoms. The molecule has 1 rings (SSSR count). The lowest BCUT2D eigenvalue weighted by Gasteiger charge is -2.08. The zero-order valence-electron chi connectivity index (χ0n) is 10.9. The van der Waals surface area contributed by atoms with Gasteiger partial charge in [-0.15, -0.1) is 0 Å². The van der Waals surface area contributed by atoms with E-state index in [9.17, 15) is 19.7 Å². The highest BCUT2D eigenvalue weighted by molar-refractivity contribution is 5.77. The van der Waals surface area contributed by atoms with Gasteiger partial charge in [-0.1, -0.05) is 0 Å². The lowest BCUT2D eigenvalue weighted by atomic mass is 10.2. The first-order valence-corrected chi connectivity index (χ1v) is 5.95. The summed E-state index contributed by atoms with van der Waals surface area (Å²) < 4.78 is 5.09. The van der Waals surface area contributed by atoms with E-state index in [1.807, 2.05) is 0 Å². The highest BCUT2D eigenvalue weighted by Gasteiger charge is 2.13. The van der Waals surface area contributed by atoms with Crippen LogP contribution in [0.5, 0.6) is 5.75 Å². The van der Waals surface area contributed by atoms with Crippen LogP contribution in [0.2, 0.25) is 0 Å². The number of nitro benzene ring substituents is 1. The summed E-state index contributed by atoms with van der Waals surface area (Å²) in [6.07, 6.45) is -1.64. The first-order valence-electron chi connectivity index (χ1n) is 5.95. The number of carbonyl (C=O) groups is 2. The van der Waals surface area contributed by atoms with Crippen molar-refractivity contribution < 1.29 is 29.5 Å². The highest BCUT2D eigenvalue weighted by atomic mass is 16.6. The van der Waals surface area contributed by atoms with Crippen molar-refractivity contribution in [1.29, 1.82) is 0 Å². The third-order valence-electron chi connectivity index (χ3n) is 2.44. The van der Waals surface area contributed by atoms with Crippen molar-refractivity contribution in [2.24, 2.45) is 0 Å². The summed E-state index contributed by atoms with van der Waals surface area (Å²) in [6.45, 7) is -0.323. The smallest absolute Gasteiger partial charge is 0.332 e. The summed E-state index contributed by atoms with van der Waals surface area (Å²) >= 11 is 0. The molecule has 0 saturated heterocycles. The van der Waals surface area contributed by atoms with Crippen molar-refractivity contribution in [3.63, 3.8) is 0 Å². The lowest BCUT2D eigenvalue weighted by Crippen LogP contribution is -2.33. The molecular weight excluding hydrogens is 284 g/mol. The van der Waals surface area contributed by atoms with E-state index in [1.165, 1.54) is 24.3 Å². The molecule has 1 atom stereocenters. The van der Waals surface area contributed by atoms with Crippen LogP contribution in [0.1, 0.15) is 6.42 Å². The molecule has 9 nitrogen and oxygen atoms in total. The van der Waals surface area contributed by atoms with Gasteiger partial charge in [0.15, 0.2) is 12.7 Å². The summed E-state index contributed by atoms with van der Waals surface area (Å²) in [7, 11) is 0. The molecule has 0 saturated carbocycles. The van der Waals surface area contributed by atoms with Crippen molar-refractivity contribution >= 4 is 17.6 Å². The predicted molar refractivity (Wildman–Crippen MR) is 69.9 cm³/mol. The minimum absolute atomic E-state index is 0.00405. The van der Waals surface area contributed by atoms with Gasteiger partial charge in [-0.3, -0.25) is 14.9 Å². The van der Waals surface area contributed by atoms with Crippen molar-refractivity contribution in [3.05, 3.63) is 34.4 Å². The van der Waals surface area contributed by atoms with Crippen LogP contribution in [0, 0.1) is 10.1 Å². The van der Waals surface area contributed by atoms with Gasteiger partial charge >= 0.3 is 5.97 Å². The normalized spacial score (nSPS) is 11.5. The van der Waals surface area contributed by atoms with E-state index < -0.39 is 22.9 Å².